The molecule has 1 heterocycles. The van der Waals surface area contributed by atoms with Gasteiger partial charge in [0.2, 0.25) is 0 Å². The van der Waals surface area contributed by atoms with E-state index in [0.29, 0.717) is 0 Å². The SMILES string of the molecule is CC1CCCCC1NCCN1CCCC2CCCCC21. The third-order valence-corrected chi connectivity index (χ3v) is 6.28. The van der Waals surface area contributed by atoms with Crippen LogP contribution < -0.4 is 5.32 Å². The highest BCUT2D eigenvalue weighted by Crippen LogP contribution is 2.35. The van der Waals surface area contributed by atoms with Gasteiger partial charge in [-0.25, -0.2) is 0 Å². The van der Waals surface area contributed by atoms with Crippen LogP contribution in [0.4, 0.5) is 0 Å². The smallest absolute Gasteiger partial charge is 0.0124 e. The first-order valence-corrected chi connectivity index (χ1v) is 9.32. The van der Waals surface area contributed by atoms with Crippen LogP contribution in [0.5, 0.6) is 0 Å². The molecule has 1 saturated heterocycles. The summed E-state index contributed by atoms with van der Waals surface area (Å²) in [7, 11) is 0. The van der Waals surface area contributed by atoms with Crippen molar-refractivity contribution in [2.24, 2.45) is 11.8 Å². The summed E-state index contributed by atoms with van der Waals surface area (Å²) in [6, 6.07) is 1.73. The molecule has 0 bridgehead atoms. The van der Waals surface area contributed by atoms with E-state index >= 15 is 0 Å². The number of hydrogen-bond acceptors (Lipinski definition) is 2. The highest BCUT2D eigenvalue weighted by atomic mass is 15.2. The Kier molecular flexibility index (Phi) is 5.39. The normalized spacial score (nSPS) is 39.5. The van der Waals surface area contributed by atoms with Gasteiger partial charge in [-0.2, -0.15) is 0 Å². The number of hydrogen-bond donors (Lipinski definition) is 1. The van der Waals surface area contributed by atoms with Crippen molar-refractivity contribution in [1.29, 1.82) is 0 Å². The van der Waals surface area contributed by atoms with Crippen molar-refractivity contribution in [1.82, 2.24) is 10.2 Å². The summed E-state index contributed by atoms with van der Waals surface area (Å²) >= 11 is 0. The van der Waals surface area contributed by atoms with Gasteiger partial charge in [-0.1, -0.05) is 32.6 Å². The van der Waals surface area contributed by atoms with E-state index in [1.807, 2.05) is 0 Å². The highest BCUT2D eigenvalue weighted by molar-refractivity contribution is 4.88. The maximum Gasteiger partial charge on any atom is 0.0124 e. The van der Waals surface area contributed by atoms with Crippen LogP contribution in [0.25, 0.3) is 0 Å². The van der Waals surface area contributed by atoms with Gasteiger partial charge < -0.3 is 5.32 Å². The van der Waals surface area contributed by atoms with Gasteiger partial charge in [-0.15, -0.1) is 0 Å². The summed E-state index contributed by atoms with van der Waals surface area (Å²) < 4.78 is 0. The topological polar surface area (TPSA) is 15.3 Å². The summed E-state index contributed by atoms with van der Waals surface area (Å²) in [5.74, 6) is 1.93. The number of likely N-dealkylation sites (tertiary alicyclic amines) is 1. The predicted octanol–water partition coefficient (Wildman–Crippen LogP) is 3.81. The zero-order chi connectivity index (χ0) is 13.8. The molecule has 0 radical (unpaired) electrons. The molecule has 0 aromatic rings. The maximum atomic E-state index is 3.87. The Hall–Kier alpha value is -0.0800. The summed E-state index contributed by atoms with van der Waals surface area (Å²) in [5.41, 5.74) is 0. The van der Waals surface area contributed by atoms with Crippen molar-refractivity contribution in [2.45, 2.75) is 83.2 Å². The van der Waals surface area contributed by atoms with Gasteiger partial charge >= 0.3 is 0 Å². The van der Waals surface area contributed by atoms with Crippen molar-refractivity contribution in [2.75, 3.05) is 19.6 Å². The first-order chi connectivity index (χ1) is 9.84. The van der Waals surface area contributed by atoms with Gasteiger partial charge in [0, 0.05) is 25.2 Å². The molecular weight excluding hydrogens is 244 g/mol. The first kappa shape index (κ1) is 14.8. The van der Waals surface area contributed by atoms with Crippen molar-refractivity contribution >= 4 is 0 Å². The Balaban J connectivity index is 1.43. The second-order valence-electron chi connectivity index (χ2n) is 7.61. The van der Waals surface area contributed by atoms with Crippen molar-refractivity contribution in [3.8, 4) is 0 Å². The lowest BCUT2D eigenvalue weighted by Gasteiger charge is -2.44. The van der Waals surface area contributed by atoms with Crippen LogP contribution in [0.1, 0.15) is 71.1 Å². The number of rotatable bonds is 4. The third kappa shape index (κ3) is 3.57. The highest BCUT2D eigenvalue weighted by Gasteiger charge is 2.32. The van der Waals surface area contributed by atoms with Gasteiger partial charge in [-0.3, -0.25) is 4.90 Å². The van der Waals surface area contributed by atoms with Crippen LogP contribution in [-0.2, 0) is 0 Å². The largest absolute Gasteiger partial charge is 0.312 e. The quantitative estimate of drug-likeness (QED) is 0.841. The van der Waals surface area contributed by atoms with Crippen LogP contribution in [0.2, 0.25) is 0 Å². The molecule has 0 spiro atoms. The summed E-state index contributed by atoms with van der Waals surface area (Å²) in [6.45, 7) is 6.32. The lowest BCUT2D eigenvalue weighted by molar-refractivity contribution is 0.0603. The Morgan fingerprint density at radius 2 is 1.65 bits per heavy atom. The van der Waals surface area contributed by atoms with Gasteiger partial charge in [-0.05, 0) is 56.9 Å². The molecule has 1 aliphatic heterocycles. The van der Waals surface area contributed by atoms with E-state index in [1.165, 1.54) is 83.8 Å². The van der Waals surface area contributed by atoms with E-state index < -0.39 is 0 Å². The lowest BCUT2D eigenvalue weighted by Crippen LogP contribution is -2.50. The molecule has 0 aromatic carbocycles. The zero-order valence-electron chi connectivity index (χ0n) is 13.4. The molecule has 1 N–H and O–H groups in total. The molecule has 0 amide bonds. The molecule has 2 aliphatic carbocycles. The van der Waals surface area contributed by atoms with Crippen molar-refractivity contribution < 1.29 is 0 Å². The molecule has 3 rings (SSSR count). The number of fused-ring (bicyclic) bond motifs is 1. The lowest BCUT2D eigenvalue weighted by atomic mass is 9.78. The molecular formula is C18H34N2. The number of nitrogens with one attached hydrogen (secondary N) is 1. The summed E-state index contributed by atoms with van der Waals surface area (Å²) in [6.07, 6.45) is 14.6. The fourth-order valence-corrected chi connectivity index (χ4v) is 5.02. The second-order valence-corrected chi connectivity index (χ2v) is 7.61. The Morgan fingerprint density at radius 1 is 0.900 bits per heavy atom. The molecule has 4 unspecified atom stereocenters. The predicted molar refractivity (Wildman–Crippen MR) is 86.0 cm³/mol. The molecule has 3 fully saturated rings. The van der Waals surface area contributed by atoms with Crippen LogP contribution in [-0.4, -0.2) is 36.6 Å². The average molecular weight is 278 g/mol. The van der Waals surface area contributed by atoms with E-state index in [2.05, 4.69) is 17.1 Å². The van der Waals surface area contributed by atoms with E-state index in [9.17, 15) is 0 Å². The second kappa shape index (κ2) is 7.26. The van der Waals surface area contributed by atoms with Gasteiger partial charge in [0.1, 0.15) is 0 Å². The zero-order valence-corrected chi connectivity index (χ0v) is 13.4. The fourth-order valence-electron chi connectivity index (χ4n) is 5.02. The van der Waals surface area contributed by atoms with Crippen LogP contribution >= 0.6 is 0 Å². The van der Waals surface area contributed by atoms with E-state index in [4.69, 9.17) is 0 Å². The molecule has 116 valence electrons. The minimum Gasteiger partial charge on any atom is -0.312 e. The van der Waals surface area contributed by atoms with Crippen LogP contribution in [0.3, 0.4) is 0 Å². The minimum atomic E-state index is 0.802. The summed E-state index contributed by atoms with van der Waals surface area (Å²) in [5, 5.41) is 3.87. The van der Waals surface area contributed by atoms with E-state index in [1.54, 1.807) is 0 Å². The maximum absolute atomic E-state index is 3.87. The van der Waals surface area contributed by atoms with Gasteiger partial charge in [0.15, 0.2) is 0 Å². The van der Waals surface area contributed by atoms with E-state index in [-0.39, 0.29) is 0 Å². The monoisotopic (exact) mass is 278 g/mol. The Bertz CT molecular complexity index is 289. The molecule has 3 aliphatic rings. The molecule has 0 aromatic heterocycles. The van der Waals surface area contributed by atoms with Crippen molar-refractivity contribution in [3.05, 3.63) is 0 Å². The number of piperidine rings is 1. The first-order valence-electron chi connectivity index (χ1n) is 9.32. The molecule has 20 heavy (non-hydrogen) atoms. The fraction of sp³-hybridized carbons (Fsp3) is 1.00. The summed E-state index contributed by atoms with van der Waals surface area (Å²) in [4.78, 5) is 2.83. The van der Waals surface area contributed by atoms with Gasteiger partial charge in [0.25, 0.3) is 0 Å². The average Bonchev–Trinajstić information content (AvgIpc) is 2.49. The Morgan fingerprint density at radius 3 is 2.55 bits per heavy atom. The van der Waals surface area contributed by atoms with E-state index in [0.717, 1.165) is 23.9 Å². The third-order valence-electron chi connectivity index (χ3n) is 6.28. The molecule has 2 heteroatoms. The molecule has 4 atom stereocenters. The van der Waals surface area contributed by atoms with Crippen molar-refractivity contribution in [3.63, 3.8) is 0 Å². The standard InChI is InChI=1S/C18H34N2/c1-15-7-2-4-10-17(15)19-12-14-20-13-6-9-16-8-3-5-11-18(16)20/h15-19H,2-14H2,1H3. The molecule has 2 saturated carbocycles. The molecule has 2 nitrogen and oxygen atoms in total. The van der Waals surface area contributed by atoms with Gasteiger partial charge in [0.05, 0.1) is 0 Å². The number of nitrogens with zero attached hydrogens (tertiary/aromatic N) is 1. The van der Waals surface area contributed by atoms with Crippen LogP contribution in [0, 0.1) is 11.8 Å². The minimum absolute atomic E-state index is 0.802. The van der Waals surface area contributed by atoms with Crippen LogP contribution in [0.15, 0.2) is 0 Å². The Labute approximate surface area is 125 Å².